The van der Waals surface area contributed by atoms with E-state index in [9.17, 15) is 9.59 Å². The molecule has 30 heavy (non-hydrogen) atoms. The molecule has 0 atom stereocenters. The van der Waals surface area contributed by atoms with E-state index >= 15 is 0 Å². The fourth-order valence-corrected chi connectivity index (χ4v) is 5.48. The third-order valence-corrected chi connectivity index (χ3v) is 7.08. The zero-order valence-electron chi connectivity index (χ0n) is 17.9. The van der Waals surface area contributed by atoms with Crippen LogP contribution in [0.3, 0.4) is 0 Å². The number of nitrogens with zero attached hydrogens (tertiary/aromatic N) is 2. The minimum absolute atomic E-state index is 0.0125. The molecule has 1 aliphatic carbocycles. The lowest BCUT2D eigenvalue weighted by Crippen LogP contribution is -2.34. The van der Waals surface area contributed by atoms with Crippen LogP contribution in [-0.4, -0.2) is 22.8 Å². The number of carbonyl (C=O) groups excluding carboxylic acids is 2. The minimum Gasteiger partial charge on any atom is -0.328 e. The number of hydrogen-bond donors (Lipinski definition) is 0. The summed E-state index contributed by atoms with van der Waals surface area (Å²) in [5.41, 5.74) is 3.71. The minimum atomic E-state index is 0.0125. The van der Waals surface area contributed by atoms with Crippen LogP contribution < -0.4 is 4.90 Å². The van der Waals surface area contributed by atoms with Gasteiger partial charge in [0.15, 0.2) is 5.78 Å². The molecule has 0 spiro atoms. The van der Waals surface area contributed by atoms with Gasteiger partial charge in [-0.2, -0.15) is 0 Å². The molecule has 1 aliphatic rings. The van der Waals surface area contributed by atoms with Crippen LogP contribution in [0.1, 0.15) is 61.5 Å². The van der Waals surface area contributed by atoms with Gasteiger partial charge in [-0.05, 0) is 55.0 Å². The Labute approximate surface area is 182 Å². The predicted octanol–water partition coefficient (Wildman–Crippen LogP) is 6.22. The first-order valence-corrected chi connectivity index (χ1v) is 11.9. The van der Waals surface area contributed by atoms with Crippen LogP contribution in [-0.2, 0) is 11.3 Å². The molecule has 2 aromatic heterocycles. The quantitative estimate of drug-likeness (QED) is 0.424. The normalized spacial score (nSPS) is 14.9. The molecule has 1 amide bonds. The van der Waals surface area contributed by atoms with Crippen molar-refractivity contribution in [3.63, 3.8) is 0 Å². The molecule has 0 N–H and O–H groups in total. The molecule has 4 nitrogen and oxygen atoms in total. The number of carbonyl (C=O) groups is 2. The molecular formula is C25H30N2O2S. The Morgan fingerprint density at radius 2 is 1.93 bits per heavy atom. The molecule has 3 aromatic rings. The van der Waals surface area contributed by atoms with Crippen molar-refractivity contribution in [3.8, 4) is 0 Å². The number of ketones is 1. The molecule has 5 heteroatoms. The Balaban J connectivity index is 1.59. The van der Waals surface area contributed by atoms with Crippen molar-refractivity contribution in [3.05, 3.63) is 53.0 Å². The van der Waals surface area contributed by atoms with E-state index in [2.05, 4.69) is 0 Å². The van der Waals surface area contributed by atoms with Crippen LogP contribution in [0.15, 0.2) is 41.8 Å². The maximum atomic E-state index is 13.3. The predicted molar refractivity (Wildman–Crippen MR) is 125 cm³/mol. The van der Waals surface area contributed by atoms with Gasteiger partial charge in [0.1, 0.15) is 6.54 Å². The molecule has 158 valence electrons. The zero-order valence-corrected chi connectivity index (χ0v) is 18.7. The summed E-state index contributed by atoms with van der Waals surface area (Å²) in [6.07, 6.45) is 6.65. The summed E-state index contributed by atoms with van der Waals surface area (Å²) >= 11 is 1.63. The summed E-state index contributed by atoms with van der Waals surface area (Å²) < 4.78 is 3.02. The average molecular weight is 423 g/mol. The topological polar surface area (TPSA) is 42.3 Å². The van der Waals surface area contributed by atoms with Crippen LogP contribution in [0.5, 0.6) is 0 Å². The molecule has 1 saturated carbocycles. The summed E-state index contributed by atoms with van der Waals surface area (Å²) in [6.45, 7) is 4.81. The van der Waals surface area contributed by atoms with E-state index in [0.29, 0.717) is 24.6 Å². The molecule has 1 aromatic carbocycles. The van der Waals surface area contributed by atoms with Crippen molar-refractivity contribution < 1.29 is 9.59 Å². The van der Waals surface area contributed by atoms with Gasteiger partial charge in [-0.1, -0.05) is 44.2 Å². The second-order valence-electron chi connectivity index (χ2n) is 8.39. The number of benzene rings is 1. The molecule has 0 radical (unpaired) electrons. The fourth-order valence-electron chi connectivity index (χ4n) is 4.66. The van der Waals surface area contributed by atoms with Crippen LogP contribution in [0.25, 0.3) is 10.2 Å². The lowest BCUT2D eigenvalue weighted by Gasteiger charge is -2.23. The second kappa shape index (κ2) is 9.17. The van der Waals surface area contributed by atoms with E-state index in [-0.39, 0.29) is 18.2 Å². The van der Waals surface area contributed by atoms with E-state index in [1.165, 1.54) is 19.3 Å². The van der Waals surface area contributed by atoms with E-state index < -0.39 is 0 Å². The highest BCUT2D eigenvalue weighted by Gasteiger charge is 2.24. The first-order chi connectivity index (χ1) is 14.6. The molecular weight excluding hydrogens is 392 g/mol. The zero-order chi connectivity index (χ0) is 21.1. The number of aromatic nitrogens is 1. The highest BCUT2D eigenvalue weighted by atomic mass is 32.1. The van der Waals surface area contributed by atoms with Gasteiger partial charge in [0.2, 0.25) is 5.91 Å². The van der Waals surface area contributed by atoms with Gasteiger partial charge in [0.05, 0.1) is 15.9 Å². The highest BCUT2D eigenvalue weighted by molar-refractivity contribution is 7.17. The lowest BCUT2D eigenvalue weighted by molar-refractivity contribution is -0.119. The van der Waals surface area contributed by atoms with E-state index in [0.717, 1.165) is 34.3 Å². The van der Waals surface area contributed by atoms with E-state index in [1.54, 1.807) is 16.2 Å². The third kappa shape index (κ3) is 4.36. The number of fused-ring (bicyclic) bond motifs is 1. The van der Waals surface area contributed by atoms with Crippen molar-refractivity contribution in [1.29, 1.82) is 0 Å². The van der Waals surface area contributed by atoms with Gasteiger partial charge < -0.3 is 9.47 Å². The van der Waals surface area contributed by atoms with Gasteiger partial charge in [-0.15, -0.1) is 11.3 Å². The fraction of sp³-hybridized carbons (Fsp3) is 0.440. The van der Waals surface area contributed by atoms with E-state index in [1.807, 2.05) is 60.2 Å². The molecule has 2 heterocycles. The average Bonchev–Trinajstić information content (AvgIpc) is 3.32. The Morgan fingerprint density at radius 1 is 1.13 bits per heavy atom. The summed E-state index contributed by atoms with van der Waals surface area (Å²) in [7, 11) is 0. The van der Waals surface area contributed by atoms with E-state index in [4.69, 9.17) is 0 Å². The number of thiophene rings is 1. The number of likely N-dealkylation sites (N-methyl/N-ethyl adjacent to an activating group) is 1. The molecule has 0 aliphatic heterocycles. The van der Waals surface area contributed by atoms with Gasteiger partial charge >= 0.3 is 0 Å². The molecule has 0 unspecified atom stereocenters. The molecule has 0 saturated heterocycles. The van der Waals surface area contributed by atoms with Crippen LogP contribution in [0, 0.1) is 12.8 Å². The summed E-state index contributed by atoms with van der Waals surface area (Å²) in [5, 5.41) is 2.03. The maximum absolute atomic E-state index is 13.3. The van der Waals surface area contributed by atoms with Crippen molar-refractivity contribution >= 4 is 38.9 Å². The summed E-state index contributed by atoms with van der Waals surface area (Å²) in [4.78, 5) is 28.3. The Morgan fingerprint density at radius 3 is 2.67 bits per heavy atom. The van der Waals surface area contributed by atoms with Crippen molar-refractivity contribution in [2.75, 3.05) is 11.4 Å². The first kappa shape index (κ1) is 20.9. The van der Waals surface area contributed by atoms with Crippen molar-refractivity contribution in [1.82, 2.24) is 4.57 Å². The third-order valence-electron chi connectivity index (χ3n) is 6.23. The number of amides is 1. The summed E-state index contributed by atoms with van der Waals surface area (Å²) in [6, 6.07) is 12.0. The van der Waals surface area contributed by atoms with Gasteiger partial charge in [0, 0.05) is 18.7 Å². The SMILES string of the molecule is CCN(C(=O)Cn1c(C(=O)CC2CCCCC2)cc2sccc21)c1cccc(C)c1. The largest absolute Gasteiger partial charge is 0.328 e. The van der Waals surface area contributed by atoms with Crippen molar-refractivity contribution in [2.24, 2.45) is 5.92 Å². The lowest BCUT2D eigenvalue weighted by atomic mass is 9.85. The van der Waals surface area contributed by atoms with Crippen molar-refractivity contribution in [2.45, 2.75) is 58.9 Å². The van der Waals surface area contributed by atoms with Gasteiger partial charge in [0.25, 0.3) is 0 Å². The second-order valence-corrected chi connectivity index (χ2v) is 9.34. The summed E-state index contributed by atoms with van der Waals surface area (Å²) in [5.74, 6) is 0.679. The van der Waals surface area contributed by atoms with Crippen LogP contribution >= 0.6 is 11.3 Å². The number of hydrogen-bond acceptors (Lipinski definition) is 3. The van der Waals surface area contributed by atoms with Crippen LogP contribution in [0.4, 0.5) is 5.69 Å². The highest BCUT2D eigenvalue weighted by Crippen LogP contribution is 2.31. The van der Waals surface area contributed by atoms with Gasteiger partial charge in [-0.25, -0.2) is 0 Å². The molecule has 1 fully saturated rings. The molecule has 0 bridgehead atoms. The number of aryl methyl sites for hydroxylation is 1. The monoisotopic (exact) mass is 422 g/mol. The Kier molecular flexibility index (Phi) is 6.38. The Hall–Kier alpha value is -2.40. The standard InChI is InChI=1S/C25H30N2O2S/c1-3-26(20-11-7-8-18(2)14-20)25(29)17-27-21-12-13-30-24(21)16-22(27)23(28)15-19-9-5-4-6-10-19/h7-8,11-14,16,19H,3-6,9-10,15,17H2,1-2H3. The van der Waals surface area contributed by atoms with Crippen LogP contribution in [0.2, 0.25) is 0 Å². The number of Topliss-reactive ketones (excluding diaryl/α,β-unsaturated/α-hetero) is 1. The maximum Gasteiger partial charge on any atom is 0.246 e. The Bertz CT molecular complexity index is 1040. The first-order valence-electron chi connectivity index (χ1n) is 11.0. The number of rotatable bonds is 7. The van der Waals surface area contributed by atoms with Gasteiger partial charge in [-0.3, -0.25) is 9.59 Å². The smallest absolute Gasteiger partial charge is 0.246 e. The molecule has 4 rings (SSSR count). The number of anilines is 1.